The smallest absolute Gasteiger partial charge is 0.0461 e. The van der Waals surface area contributed by atoms with Crippen molar-refractivity contribution in [1.82, 2.24) is 4.98 Å². The van der Waals surface area contributed by atoms with Crippen molar-refractivity contribution in [3.63, 3.8) is 0 Å². The van der Waals surface area contributed by atoms with Gasteiger partial charge in [0.25, 0.3) is 0 Å². The van der Waals surface area contributed by atoms with E-state index in [-0.39, 0.29) is 0 Å². The van der Waals surface area contributed by atoms with Crippen LogP contribution < -0.4 is 0 Å². The van der Waals surface area contributed by atoms with Crippen LogP contribution in [0.2, 0.25) is 0 Å². The maximum Gasteiger partial charge on any atom is 0.0461 e. The topological polar surface area (TPSA) is 12.9 Å². The summed E-state index contributed by atoms with van der Waals surface area (Å²) in [6, 6.07) is 12.6. The Balaban J connectivity index is 2.14. The van der Waals surface area contributed by atoms with Crippen molar-refractivity contribution < 1.29 is 0 Å². The van der Waals surface area contributed by atoms with Crippen LogP contribution in [0.3, 0.4) is 0 Å². The summed E-state index contributed by atoms with van der Waals surface area (Å²) in [6.45, 7) is 2.06. The summed E-state index contributed by atoms with van der Waals surface area (Å²) in [7, 11) is 0. The van der Waals surface area contributed by atoms with E-state index in [1.807, 2.05) is 6.20 Å². The van der Waals surface area contributed by atoms with Crippen LogP contribution in [0.1, 0.15) is 21.6 Å². The van der Waals surface area contributed by atoms with Gasteiger partial charge in [0.05, 0.1) is 0 Å². The highest BCUT2D eigenvalue weighted by Crippen LogP contribution is 2.29. The van der Waals surface area contributed by atoms with E-state index >= 15 is 0 Å². The number of hydrogen-bond donors (Lipinski definition) is 0. The second kappa shape index (κ2) is 5.96. The molecule has 1 heterocycles. The zero-order valence-corrected chi connectivity index (χ0v) is 13.3. The maximum atomic E-state index is 4.44. The first-order valence-corrected chi connectivity index (χ1v) is 7.46. The fraction of sp³-hybridized carbons (Fsp3) is 0.214. The SMILES string of the molecule is Cc1ccc(CC(Br)c2ccccc2I)nc1. The summed E-state index contributed by atoms with van der Waals surface area (Å²) in [6.07, 6.45) is 2.84. The standard InChI is InChI=1S/C14H13BrIN/c1-10-6-7-11(17-9-10)8-13(15)12-4-2-3-5-14(12)16/h2-7,9,13H,8H2,1H3. The van der Waals surface area contributed by atoms with Crippen molar-refractivity contribution in [2.24, 2.45) is 0 Å². The first kappa shape index (κ1) is 13.0. The number of benzene rings is 1. The van der Waals surface area contributed by atoms with E-state index in [1.54, 1.807) is 0 Å². The van der Waals surface area contributed by atoms with E-state index in [2.05, 4.69) is 86.8 Å². The second-order valence-electron chi connectivity index (χ2n) is 4.02. The zero-order valence-electron chi connectivity index (χ0n) is 9.53. The molecule has 0 radical (unpaired) electrons. The summed E-state index contributed by atoms with van der Waals surface area (Å²) < 4.78 is 1.29. The third-order valence-electron chi connectivity index (χ3n) is 2.60. The van der Waals surface area contributed by atoms with Gasteiger partial charge in [0.1, 0.15) is 0 Å². The van der Waals surface area contributed by atoms with Gasteiger partial charge in [0, 0.05) is 26.7 Å². The first-order valence-electron chi connectivity index (χ1n) is 5.47. The first-order chi connectivity index (χ1) is 8.16. The summed E-state index contributed by atoms with van der Waals surface area (Å²) in [5.74, 6) is 0. The molecule has 3 heteroatoms. The number of hydrogen-bond acceptors (Lipinski definition) is 1. The van der Waals surface area contributed by atoms with Gasteiger partial charge < -0.3 is 0 Å². The molecule has 0 aliphatic carbocycles. The highest BCUT2D eigenvalue weighted by atomic mass is 127. The van der Waals surface area contributed by atoms with E-state index < -0.39 is 0 Å². The Hall–Kier alpha value is -0.420. The molecule has 1 unspecified atom stereocenters. The molecule has 2 rings (SSSR count). The lowest BCUT2D eigenvalue weighted by Gasteiger charge is -2.11. The Kier molecular flexibility index (Phi) is 4.56. The third-order valence-corrected chi connectivity index (χ3v) is 4.40. The second-order valence-corrected chi connectivity index (χ2v) is 6.29. The zero-order chi connectivity index (χ0) is 12.3. The molecule has 0 saturated carbocycles. The van der Waals surface area contributed by atoms with Gasteiger partial charge in [-0.15, -0.1) is 0 Å². The number of nitrogens with zero attached hydrogens (tertiary/aromatic N) is 1. The highest BCUT2D eigenvalue weighted by molar-refractivity contribution is 14.1. The maximum absolute atomic E-state index is 4.44. The van der Waals surface area contributed by atoms with Crippen molar-refractivity contribution in [1.29, 1.82) is 0 Å². The summed E-state index contributed by atoms with van der Waals surface area (Å²) in [4.78, 5) is 4.77. The average molecular weight is 402 g/mol. The molecule has 0 bridgehead atoms. The fourth-order valence-corrected chi connectivity index (χ4v) is 3.56. The van der Waals surface area contributed by atoms with Crippen LogP contribution in [0.4, 0.5) is 0 Å². The lowest BCUT2D eigenvalue weighted by molar-refractivity contribution is 0.898. The Labute approximate surface area is 124 Å². The molecule has 0 fully saturated rings. The molecule has 88 valence electrons. The van der Waals surface area contributed by atoms with E-state index in [0.717, 1.165) is 12.1 Å². The molecular weight excluding hydrogens is 389 g/mol. The quantitative estimate of drug-likeness (QED) is 0.537. The van der Waals surface area contributed by atoms with E-state index in [0.29, 0.717) is 4.83 Å². The molecule has 0 aliphatic rings. The Morgan fingerprint density at radius 1 is 1.24 bits per heavy atom. The van der Waals surface area contributed by atoms with Crippen molar-refractivity contribution in [3.8, 4) is 0 Å². The number of aromatic nitrogens is 1. The van der Waals surface area contributed by atoms with Crippen LogP contribution in [-0.4, -0.2) is 4.98 Å². The van der Waals surface area contributed by atoms with Gasteiger partial charge in [-0.05, 0) is 52.8 Å². The molecule has 1 aromatic heterocycles. The van der Waals surface area contributed by atoms with Crippen molar-refractivity contribution in [3.05, 3.63) is 63.0 Å². The molecule has 0 amide bonds. The Morgan fingerprint density at radius 3 is 2.65 bits per heavy atom. The fourth-order valence-electron chi connectivity index (χ4n) is 1.64. The van der Waals surface area contributed by atoms with Gasteiger partial charge >= 0.3 is 0 Å². The minimum absolute atomic E-state index is 0.325. The van der Waals surface area contributed by atoms with Crippen LogP contribution in [0.25, 0.3) is 0 Å². The molecule has 1 nitrogen and oxygen atoms in total. The molecule has 0 saturated heterocycles. The van der Waals surface area contributed by atoms with Crippen LogP contribution in [0.15, 0.2) is 42.6 Å². The molecule has 0 aliphatic heterocycles. The number of halogens is 2. The van der Waals surface area contributed by atoms with Gasteiger partial charge in [0.2, 0.25) is 0 Å². The minimum Gasteiger partial charge on any atom is -0.261 e. The predicted octanol–water partition coefficient (Wildman–Crippen LogP) is 4.67. The van der Waals surface area contributed by atoms with Crippen LogP contribution in [-0.2, 0) is 6.42 Å². The van der Waals surface area contributed by atoms with Crippen molar-refractivity contribution >= 4 is 38.5 Å². The summed E-state index contributed by atoms with van der Waals surface area (Å²) >= 11 is 6.12. The Bertz CT molecular complexity index is 496. The molecule has 0 N–H and O–H groups in total. The number of aryl methyl sites for hydroxylation is 1. The van der Waals surface area contributed by atoms with Gasteiger partial charge in [-0.1, -0.05) is 40.2 Å². The van der Waals surface area contributed by atoms with Crippen LogP contribution in [0, 0.1) is 10.5 Å². The molecule has 1 atom stereocenters. The predicted molar refractivity (Wildman–Crippen MR) is 83.5 cm³/mol. The van der Waals surface area contributed by atoms with E-state index in [1.165, 1.54) is 14.7 Å². The van der Waals surface area contributed by atoms with Crippen molar-refractivity contribution in [2.45, 2.75) is 18.2 Å². The van der Waals surface area contributed by atoms with Gasteiger partial charge in [-0.3, -0.25) is 4.98 Å². The average Bonchev–Trinajstić information content (AvgIpc) is 2.32. The van der Waals surface area contributed by atoms with Gasteiger partial charge in [-0.25, -0.2) is 0 Å². The number of alkyl halides is 1. The molecule has 1 aromatic carbocycles. The van der Waals surface area contributed by atoms with E-state index in [9.17, 15) is 0 Å². The highest BCUT2D eigenvalue weighted by Gasteiger charge is 2.11. The minimum atomic E-state index is 0.325. The van der Waals surface area contributed by atoms with E-state index in [4.69, 9.17) is 0 Å². The molecule has 0 spiro atoms. The lowest BCUT2D eigenvalue weighted by atomic mass is 10.1. The molecule has 2 aromatic rings. The monoisotopic (exact) mass is 401 g/mol. The van der Waals surface area contributed by atoms with Crippen molar-refractivity contribution in [2.75, 3.05) is 0 Å². The lowest BCUT2D eigenvalue weighted by Crippen LogP contribution is -1.99. The van der Waals surface area contributed by atoms with Gasteiger partial charge in [-0.2, -0.15) is 0 Å². The molecule has 17 heavy (non-hydrogen) atoms. The number of rotatable bonds is 3. The third kappa shape index (κ3) is 3.52. The van der Waals surface area contributed by atoms with Gasteiger partial charge in [0.15, 0.2) is 0 Å². The number of pyridine rings is 1. The largest absolute Gasteiger partial charge is 0.261 e. The summed E-state index contributed by atoms with van der Waals surface area (Å²) in [5.41, 5.74) is 3.65. The normalized spacial score (nSPS) is 12.4. The Morgan fingerprint density at radius 2 is 2.00 bits per heavy atom. The molecular formula is C14H13BrIN. The van der Waals surface area contributed by atoms with Crippen LogP contribution >= 0.6 is 38.5 Å². The van der Waals surface area contributed by atoms with Crippen LogP contribution in [0.5, 0.6) is 0 Å². The summed E-state index contributed by atoms with van der Waals surface area (Å²) in [5, 5.41) is 0.